The van der Waals surface area contributed by atoms with Gasteiger partial charge in [-0.05, 0) is 47.2 Å². The van der Waals surface area contributed by atoms with Gasteiger partial charge in [0.05, 0.1) is 14.2 Å². The number of fused-ring (bicyclic) bond motifs is 3. The summed E-state index contributed by atoms with van der Waals surface area (Å²) in [5.41, 5.74) is 11.1. The highest BCUT2D eigenvalue weighted by molar-refractivity contribution is 5.50. The van der Waals surface area contributed by atoms with Crippen LogP contribution < -0.4 is 15.2 Å². The molecule has 144 valence electrons. The molecule has 5 heteroatoms. The first-order valence-corrected chi connectivity index (χ1v) is 9.53. The maximum Gasteiger partial charge on any atom is 0.161 e. The normalized spacial score (nSPS) is 24.8. The van der Waals surface area contributed by atoms with Gasteiger partial charge in [0.15, 0.2) is 11.5 Å². The lowest BCUT2D eigenvalue weighted by Crippen LogP contribution is -2.49. The molecule has 0 amide bonds. The quantitative estimate of drug-likeness (QED) is 0.894. The topological polar surface area (TPSA) is 47.7 Å². The van der Waals surface area contributed by atoms with Crippen LogP contribution in [-0.4, -0.2) is 38.3 Å². The number of hydrogen-bond acceptors (Lipinski definition) is 4. The Hall–Kier alpha value is -2.11. The van der Waals surface area contributed by atoms with E-state index in [-0.39, 0.29) is 12.0 Å². The van der Waals surface area contributed by atoms with Gasteiger partial charge in [-0.3, -0.25) is 4.90 Å². The summed E-state index contributed by atoms with van der Waals surface area (Å²) in [4.78, 5) is 2.52. The number of ether oxygens (including phenoxy) is 2. The Morgan fingerprint density at radius 1 is 1.15 bits per heavy atom. The minimum absolute atomic E-state index is 0.0418. The van der Waals surface area contributed by atoms with Crippen LogP contribution in [0.4, 0.5) is 4.39 Å². The van der Waals surface area contributed by atoms with Crippen molar-refractivity contribution in [1.29, 1.82) is 0 Å². The molecule has 0 unspecified atom stereocenters. The number of piperidine rings is 1. The standard InChI is InChI=1S/C22H27FN2O2/c1-26-21-9-16-6-7-25-13-18(15-5-3-4-14(8-15)12-23)19(24)11-20(25)17(16)10-22(21)27-2/h3-5,8-10,18-20H,6-7,11-13,24H2,1-2H3/t18-,19-,20+/m1/s1. The molecule has 2 aliphatic rings. The molecule has 27 heavy (non-hydrogen) atoms. The van der Waals surface area contributed by atoms with Gasteiger partial charge in [0, 0.05) is 31.1 Å². The second kappa shape index (κ2) is 7.49. The van der Waals surface area contributed by atoms with E-state index < -0.39 is 6.67 Å². The summed E-state index contributed by atoms with van der Waals surface area (Å²) in [7, 11) is 3.34. The number of nitrogens with zero attached hydrogens (tertiary/aromatic N) is 1. The molecule has 4 nitrogen and oxygen atoms in total. The second-order valence-electron chi connectivity index (χ2n) is 7.55. The average molecular weight is 370 g/mol. The number of rotatable bonds is 4. The van der Waals surface area contributed by atoms with Crippen LogP contribution in [0.5, 0.6) is 11.5 Å². The molecule has 0 aromatic heterocycles. The van der Waals surface area contributed by atoms with E-state index in [2.05, 4.69) is 23.1 Å². The zero-order valence-electron chi connectivity index (χ0n) is 16.0. The van der Waals surface area contributed by atoms with Crippen LogP contribution in [0.1, 0.15) is 40.6 Å². The molecule has 1 fully saturated rings. The van der Waals surface area contributed by atoms with Crippen LogP contribution in [0, 0.1) is 0 Å². The van der Waals surface area contributed by atoms with Crippen molar-refractivity contribution >= 4 is 0 Å². The van der Waals surface area contributed by atoms with Gasteiger partial charge in [-0.1, -0.05) is 24.3 Å². The molecule has 0 spiro atoms. The Morgan fingerprint density at radius 3 is 2.67 bits per heavy atom. The monoisotopic (exact) mass is 370 g/mol. The van der Waals surface area contributed by atoms with E-state index in [1.807, 2.05) is 18.2 Å². The van der Waals surface area contributed by atoms with Crippen molar-refractivity contribution in [3.63, 3.8) is 0 Å². The van der Waals surface area contributed by atoms with Crippen LogP contribution in [0.25, 0.3) is 0 Å². The number of alkyl halides is 1. The highest BCUT2D eigenvalue weighted by atomic mass is 19.1. The van der Waals surface area contributed by atoms with Crippen molar-refractivity contribution in [2.45, 2.75) is 37.5 Å². The fourth-order valence-electron chi connectivity index (χ4n) is 4.64. The predicted octanol–water partition coefficient (Wildman–Crippen LogP) is 3.59. The molecule has 2 heterocycles. The molecule has 0 radical (unpaired) electrons. The molecule has 0 saturated carbocycles. The molecular formula is C22H27FN2O2. The number of methoxy groups -OCH3 is 2. The first-order valence-electron chi connectivity index (χ1n) is 9.53. The Labute approximate surface area is 160 Å². The Kier molecular flexibility index (Phi) is 5.06. The van der Waals surface area contributed by atoms with E-state index in [1.54, 1.807) is 14.2 Å². The second-order valence-corrected chi connectivity index (χ2v) is 7.55. The van der Waals surface area contributed by atoms with E-state index in [4.69, 9.17) is 15.2 Å². The molecule has 1 saturated heterocycles. The van der Waals surface area contributed by atoms with Gasteiger partial charge in [-0.25, -0.2) is 4.39 Å². The van der Waals surface area contributed by atoms with Gasteiger partial charge in [-0.2, -0.15) is 0 Å². The lowest BCUT2D eigenvalue weighted by molar-refractivity contribution is 0.109. The number of nitrogens with two attached hydrogens (primary N) is 1. The van der Waals surface area contributed by atoms with Crippen molar-refractivity contribution in [2.24, 2.45) is 5.73 Å². The van der Waals surface area contributed by atoms with Crippen molar-refractivity contribution in [1.82, 2.24) is 4.90 Å². The van der Waals surface area contributed by atoms with Gasteiger partial charge in [0.2, 0.25) is 0 Å². The molecule has 4 rings (SSSR count). The summed E-state index contributed by atoms with van der Waals surface area (Å²) >= 11 is 0. The molecule has 2 aromatic carbocycles. The van der Waals surface area contributed by atoms with Crippen molar-refractivity contribution in [3.05, 3.63) is 58.7 Å². The zero-order valence-corrected chi connectivity index (χ0v) is 16.0. The number of hydrogen-bond donors (Lipinski definition) is 1. The predicted molar refractivity (Wildman–Crippen MR) is 104 cm³/mol. The van der Waals surface area contributed by atoms with Crippen molar-refractivity contribution in [2.75, 3.05) is 27.3 Å². The molecule has 2 N–H and O–H groups in total. The Balaban J connectivity index is 1.63. The maximum absolute atomic E-state index is 13.1. The summed E-state index contributed by atoms with van der Waals surface area (Å²) in [5.74, 6) is 1.78. The van der Waals surface area contributed by atoms with E-state index in [1.165, 1.54) is 11.1 Å². The third-order valence-electron chi connectivity index (χ3n) is 6.09. The van der Waals surface area contributed by atoms with E-state index in [0.29, 0.717) is 6.04 Å². The van der Waals surface area contributed by atoms with E-state index in [9.17, 15) is 4.39 Å². The Bertz CT molecular complexity index is 826. The van der Waals surface area contributed by atoms with Gasteiger partial charge in [-0.15, -0.1) is 0 Å². The SMILES string of the molecule is COc1cc2c(cc1OC)[C@@H]1C[C@@H](N)[C@@H](c3cccc(CF)c3)CN1CC2. The third-order valence-corrected chi connectivity index (χ3v) is 6.09. The van der Waals surface area contributed by atoms with Gasteiger partial charge < -0.3 is 15.2 Å². The largest absolute Gasteiger partial charge is 0.493 e. The van der Waals surface area contributed by atoms with Crippen LogP contribution in [0.15, 0.2) is 36.4 Å². The first-order chi connectivity index (χ1) is 13.1. The fourth-order valence-corrected chi connectivity index (χ4v) is 4.64. The van der Waals surface area contributed by atoms with Crippen molar-refractivity contribution < 1.29 is 13.9 Å². The summed E-state index contributed by atoms with van der Waals surface area (Å²) in [6.45, 7) is 1.46. The first kappa shape index (κ1) is 18.3. The maximum atomic E-state index is 13.1. The lowest BCUT2D eigenvalue weighted by Gasteiger charge is -2.46. The van der Waals surface area contributed by atoms with E-state index >= 15 is 0 Å². The molecule has 3 atom stereocenters. The zero-order chi connectivity index (χ0) is 19.0. The molecular weight excluding hydrogens is 343 g/mol. The Morgan fingerprint density at radius 2 is 1.93 bits per heavy atom. The minimum atomic E-state index is -0.433. The summed E-state index contributed by atoms with van der Waals surface area (Å²) in [6, 6.07) is 12.4. The van der Waals surface area contributed by atoms with Gasteiger partial charge in [0.1, 0.15) is 6.67 Å². The summed E-state index contributed by atoms with van der Waals surface area (Å²) < 4.78 is 24.1. The third kappa shape index (κ3) is 3.30. The van der Waals surface area contributed by atoms with Crippen LogP contribution in [0.2, 0.25) is 0 Å². The van der Waals surface area contributed by atoms with Crippen LogP contribution in [-0.2, 0) is 13.1 Å². The molecule has 0 bridgehead atoms. The smallest absolute Gasteiger partial charge is 0.161 e. The molecule has 2 aliphatic heterocycles. The van der Waals surface area contributed by atoms with Gasteiger partial charge >= 0.3 is 0 Å². The van der Waals surface area contributed by atoms with E-state index in [0.717, 1.165) is 48.6 Å². The number of benzene rings is 2. The lowest BCUT2D eigenvalue weighted by atomic mass is 9.78. The molecule has 2 aromatic rings. The minimum Gasteiger partial charge on any atom is -0.493 e. The average Bonchev–Trinajstić information content (AvgIpc) is 2.72. The van der Waals surface area contributed by atoms with Crippen molar-refractivity contribution in [3.8, 4) is 11.5 Å². The number of halogens is 1. The summed E-state index contributed by atoms with van der Waals surface area (Å²) in [6.07, 6.45) is 1.87. The fraction of sp³-hybridized carbons (Fsp3) is 0.455. The molecule has 0 aliphatic carbocycles. The van der Waals surface area contributed by atoms with Gasteiger partial charge in [0.25, 0.3) is 0 Å². The summed E-state index contributed by atoms with van der Waals surface area (Å²) in [5, 5.41) is 0. The highest BCUT2D eigenvalue weighted by Gasteiger charge is 2.38. The highest BCUT2D eigenvalue weighted by Crippen LogP contribution is 2.44. The van der Waals surface area contributed by atoms with Crippen LogP contribution in [0.3, 0.4) is 0 Å². The van der Waals surface area contributed by atoms with Crippen LogP contribution >= 0.6 is 0 Å².